The van der Waals surface area contributed by atoms with Gasteiger partial charge in [0.15, 0.2) is 0 Å². The fourth-order valence-electron chi connectivity index (χ4n) is 2.35. The normalized spacial score (nSPS) is 17.0. The van der Waals surface area contributed by atoms with Crippen molar-refractivity contribution in [3.05, 3.63) is 11.1 Å². The highest BCUT2D eigenvalue weighted by Crippen LogP contribution is 2.24. The first-order valence-electron chi connectivity index (χ1n) is 6.02. The molecule has 0 atom stereocenters. The quantitative estimate of drug-likeness (QED) is 0.880. The van der Waals surface area contributed by atoms with E-state index in [1.165, 1.54) is 25.5 Å². The molecule has 2 rings (SSSR count). The molecule has 1 aromatic rings. The van der Waals surface area contributed by atoms with Gasteiger partial charge in [0.05, 0.1) is 12.8 Å². The fraction of sp³-hybridized carbons (Fsp3) is 0.727. The van der Waals surface area contributed by atoms with E-state index in [0.717, 1.165) is 24.4 Å². The third-order valence-electron chi connectivity index (χ3n) is 3.19. The maximum atomic E-state index is 12.2. The molecule has 1 aliphatic carbocycles. The van der Waals surface area contributed by atoms with Crippen molar-refractivity contribution < 1.29 is 9.90 Å². The second-order valence-corrected chi connectivity index (χ2v) is 5.08. The zero-order valence-electron chi connectivity index (χ0n) is 9.71. The molecule has 0 unspecified atom stereocenters. The van der Waals surface area contributed by atoms with Crippen LogP contribution in [0.1, 0.15) is 41.8 Å². The molecule has 1 saturated carbocycles. The third kappa shape index (κ3) is 3.01. The van der Waals surface area contributed by atoms with Crippen LogP contribution in [0, 0.1) is 0 Å². The minimum absolute atomic E-state index is 0.00841. The van der Waals surface area contributed by atoms with Gasteiger partial charge in [-0.2, -0.15) is 0 Å². The fourth-order valence-corrected chi connectivity index (χ4v) is 2.83. The predicted molar refractivity (Wildman–Crippen MR) is 64.9 cm³/mol. The standard InChI is InChI=1S/C11H17N3O2S/c15-7-6-14(9-4-2-1-3-5-9)11(16)10-8-12-13-17-10/h8-9,15H,1-7H2. The molecule has 6 heteroatoms. The summed E-state index contributed by atoms with van der Waals surface area (Å²) in [7, 11) is 0. The van der Waals surface area contributed by atoms with Crippen molar-refractivity contribution in [3.63, 3.8) is 0 Å². The van der Waals surface area contributed by atoms with Crippen LogP contribution in [0.15, 0.2) is 6.20 Å². The van der Waals surface area contributed by atoms with Crippen LogP contribution in [-0.4, -0.2) is 44.7 Å². The van der Waals surface area contributed by atoms with Gasteiger partial charge >= 0.3 is 0 Å². The summed E-state index contributed by atoms with van der Waals surface area (Å²) < 4.78 is 3.71. The number of aliphatic hydroxyl groups is 1. The lowest BCUT2D eigenvalue weighted by atomic mass is 9.94. The molecule has 0 radical (unpaired) electrons. The van der Waals surface area contributed by atoms with E-state index in [4.69, 9.17) is 5.11 Å². The van der Waals surface area contributed by atoms with Gasteiger partial charge < -0.3 is 10.0 Å². The first-order chi connectivity index (χ1) is 8.33. The number of aromatic nitrogens is 2. The summed E-state index contributed by atoms with van der Waals surface area (Å²) in [6, 6.07) is 0.269. The summed E-state index contributed by atoms with van der Waals surface area (Å²) in [5.41, 5.74) is 0. The van der Waals surface area contributed by atoms with Crippen LogP contribution in [0.5, 0.6) is 0 Å². The van der Waals surface area contributed by atoms with Gasteiger partial charge in [0, 0.05) is 12.6 Å². The number of nitrogens with zero attached hydrogens (tertiary/aromatic N) is 3. The molecule has 0 bridgehead atoms. The van der Waals surface area contributed by atoms with E-state index in [2.05, 4.69) is 9.59 Å². The minimum Gasteiger partial charge on any atom is -0.395 e. The first kappa shape index (κ1) is 12.4. The van der Waals surface area contributed by atoms with E-state index < -0.39 is 0 Å². The van der Waals surface area contributed by atoms with E-state index >= 15 is 0 Å². The van der Waals surface area contributed by atoms with E-state index in [-0.39, 0.29) is 18.6 Å². The van der Waals surface area contributed by atoms with Gasteiger partial charge in [0.25, 0.3) is 5.91 Å². The van der Waals surface area contributed by atoms with Crippen LogP contribution < -0.4 is 0 Å². The Balaban J connectivity index is 2.07. The molecule has 0 saturated heterocycles. The third-order valence-corrected chi connectivity index (χ3v) is 3.84. The van der Waals surface area contributed by atoms with Crippen LogP contribution in [0.2, 0.25) is 0 Å². The second-order valence-electron chi connectivity index (χ2n) is 4.30. The van der Waals surface area contributed by atoms with Gasteiger partial charge in [0.1, 0.15) is 4.88 Å². The van der Waals surface area contributed by atoms with E-state index in [1.54, 1.807) is 4.90 Å². The van der Waals surface area contributed by atoms with Gasteiger partial charge in [-0.25, -0.2) is 0 Å². The molecule has 0 aliphatic heterocycles. The summed E-state index contributed by atoms with van der Waals surface area (Å²) in [6.45, 7) is 0.413. The molecule has 0 spiro atoms. The highest BCUT2D eigenvalue weighted by atomic mass is 32.1. The number of amides is 1. The molecular formula is C11H17N3O2S. The van der Waals surface area contributed by atoms with Crippen LogP contribution in [-0.2, 0) is 0 Å². The van der Waals surface area contributed by atoms with E-state index in [0.29, 0.717) is 11.4 Å². The second kappa shape index (κ2) is 6.07. The van der Waals surface area contributed by atoms with Crippen molar-refractivity contribution in [1.82, 2.24) is 14.5 Å². The Morgan fingerprint density at radius 3 is 2.82 bits per heavy atom. The van der Waals surface area contributed by atoms with Crippen molar-refractivity contribution in [2.24, 2.45) is 0 Å². The summed E-state index contributed by atoms with van der Waals surface area (Å²) >= 11 is 1.12. The van der Waals surface area contributed by atoms with Crippen molar-refractivity contribution in [1.29, 1.82) is 0 Å². The SMILES string of the molecule is O=C(c1cnns1)N(CCO)C1CCCCC1. The van der Waals surface area contributed by atoms with Crippen LogP contribution in [0.4, 0.5) is 0 Å². The van der Waals surface area contributed by atoms with E-state index in [1.807, 2.05) is 0 Å². The molecular weight excluding hydrogens is 238 g/mol. The average Bonchev–Trinajstić information content (AvgIpc) is 2.90. The molecule has 5 nitrogen and oxygen atoms in total. The minimum atomic E-state index is -0.0408. The zero-order valence-corrected chi connectivity index (χ0v) is 10.5. The Kier molecular flexibility index (Phi) is 4.44. The molecule has 94 valence electrons. The average molecular weight is 255 g/mol. The largest absolute Gasteiger partial charge is 0.395 e. The van der Waals surface area contributed by atoms with Crippen molar-refractivity contribution in [3.8, 4) is 0 Å². The monoisotopic (exact) mass is 255 g/mol. The molecule has 1 aromatic heterocycles. The summed E-state index contributed by atoms with van der Waals surface area (Å²) in [4.78, 5) is 14.6. The first-order valence-corrected chi connectivity index (χ1v) is 6.79. The maximum Gasteiger partial charge on any atom is 0.267 e. The Hall–Kier alpha value is -1.01. The lowest BCUT2D eigenvalue weighted by Crippen LogP contribution is -2.42. The highest BCUT2D eigenvalue weighted by molar-refractivity contribution is 7.07. The zero-order chi connectivity index (χ0) is 12.1. The summed E-state index contributed by atoms with van der Waals surface area (Å²) in [6.07, 6.45) is 7.16. The Labute approximate surface area is 105 Å². The Bertz CT molecular complexity index is 350. The number of carbonyl (C=O) groups excluding carboxylic acids is 1. The molecule has 17 heavy (non-hydrogen) atoms. The smallest absolute Gasteiger partial charge is 0.267 e. The predicted octanol–water partition coefficient (Wildman–Crippen LogP) is 1.31. The van der Waals surface area contributed by atoms with Gasteiger partial charge in [-0.1, -0.05) is 23.8 Å². The van der Waals surface area contributed by atoms with Gasteiger partial charge in [-0.15, -0.1) is 5.10 Å². The molecule has 1 amide bonds. The highest BCUT2D eigenvalue weighted by Gasteiger charge is 2.26. The van der Waals surface area contributed by atoms with Crippen LogP contribution in [0.25, 0.3) is 0 Å². The van der Waals surface area contributed by atoms with Gasteiger partial charge in [-0.05, 0) is 24.4 Å². The van der Waals surface area contributed by atoms with Crippen LogP contribution >= 0.6 is 11.5 Å². The molecule has 1 aliphatic rings. The molecule has 1 fully saturated rings. The maximum absolute atomic E-state index is 12.2. The lowest BCUT2D eigenvalue weighted by molar-refractivity contribution is 0.0590. The number of rotatable bonds is 4. The molecule has 0 aromatic carbocycles. The Morgan fingerprint density at radius 1 is 1.47 bits per heavy atom. The van der Waals surface area contributed by atoms with Crippen molar-refractivity contribution >= 4 is 17.4 Å². The Morgan fingerprint density at radius 2 is 2.24 bits per heavy atom. The topological polar surface area (TPSA) is 66.3 Å². The van der Waals surface area contributed by atoms with Gasteiger partial charge in [0.2, 0.25) is 0 Å². The van der Waals surface area contributed by atoms with Crippen LogP contribution in [0.3, 0.4) is 0 Å². The summed E-state index contributed by atoms with van der Waals surface area (Å²) in [5.74, 6) is -0.0408. The lowest BCUT2D eigenvalue weighted by Gasteiger charge is -2.33. The number of aliphatic hydroxyl groups excluding tert-OH is 1. The van der Waals surface area contributed by atoms with Gasteiger partial charge in [-0.3, -0.25) is 4.79 Å². The molecule has 1 heterocycles. The molecule has 1 N–H and O–H groups in total. The van der Waals surface area contributed by atoms with Crippen molar-refractivity contribution in [2.75, 3.05) is 13.2 Å². The van der Waals surface area contributed by atoms with E-state index in [9.17, 15) is 4.79 Å². The van der Waals surface area contributed by atoms with Crippen molar-refractivity contribution in [2.45, 2.75) is 38.1 Å². The number of hydrogen-bond donors (Lipinski definition) is 1. The number of carbonyl (C=O) groups is 1. The number of hydrogen-bond acceptors (Lipinski definition) is 5. The summed E-state index contributed by atoms with van der Waals surface area (Å²) in [5, 5.41) is 12.8.